The zero-order chi connectivity index (χ0) is 12.4. The Hall–Kier alpha value is -0.930. The Balaban J connectivity index is 2.34. The Morgan fingerprint density at radius 1 is 1.29 bits per heavy atom. The van der Waals surface area contributed by atoms with Crippen molar-refractivity contribution < 1.29 is 9.15 Å². The van der Waals surface area contributed by atoms with E-state index in [1.54, 1.807) is 13.2 Å². The first-order valence-corrected chi connectivity index (χ1v) is 6.45. The van der Waals surface area contributed by atoms with E-state index in [-0.39, 0.29) is 4.83 Å². The van der Waals surface area contributed by atoms with Gasteiger partial charge in [-0.05, 0) is 53.9 Å². The molecule has 0 amide bonds. The minimum atomic E-state index is 0.000839. The van der Waals surface area contributed by atoms with Crippen LogP contribution in [-0.2, 0) is 0 Å². The van der Waals surface area contributed by atoms with Crippen molar-refractivity contribution in [2.75, 3.05) is 7.11 Å². The second-order valence-electron chi connectivity index (χ2n) is 3.73. The third kappa shape index (κ3) is 2.67. The van der Waals surface area contributed by atoms with Crippen LogP contribution in [0.1, 0.15) is 21.7 Å². The number of hydrogen-bond acceptors (Lipinski definition) is 2. The van der Waals surface area contributed by atoms with Gasteiger partial charge in [0.25, 0.3) is 0 Å². The van der Waals surface area contributed by atoms with Crippen molar-refractivity contribution >= 4 is 27.5 Å². The van der Waals surface area contributed by atoms with Crippen LogP contribution in [0.4, 0.5) is 0 Å². The molecule has 1 unspecified atom stereocenters. The molecule has 2 nitrogen and oxygen atoms in total. The molecule has 0 bridgehead atoms. The predicted molar refractivity (Wildman–Crippen MR) is 72.2 cm³/mol. The fourth-order valence-electron chi connectivity index (χ4n) is 1.68. The van der Waals surface area contributed by atoms with Gasteiger partial charge >= 0.3 is 0 Å². The molecule has 0 aliphatic heterocycles. The van der Waals surface area contributed by atoms with Gasteiger partial charge in [-0.1, -0.05) is 22.0 Å². The number of benzene rings is 1. The second-order valence-corrected chi connectivity index (χ2v) is 5.02. The Morgan fingerprint density at radius 3 is 2.59 bits per heavy atom. The van der Waals surface area contributed by atoms with E-state index in [4.69, 9.17) is 20.8 Å². The Labute approximate surface area is 114 Å². The van der Waals surface area contributed by atoms with Gasteiger partial charge in [0.15, 0.2) is 5.22 Å². The summed E-state index contributed by atoms with van der Waals surface area (Å²) in [5, 5.41) is 0.399. The number of aryl methyl sites for hydroxylation is 1. The van der Waals surface area contributed by atoms with Crippen molar-refractivity contribution in [3.63, 3.8) is 0 Å². The van der Waals surface area contributed by atoms with Gasteiger partial charge in [0.2, 0.25) is 0 Å². The lowest BCUT2D eigenvalue weighted by Gasteiger charge is -2.12. The van der Waals surface area contributed by atoms with Crippen molar-refractivity contribution in [2.24, 2.45) is 0 Å². The zero-order valence-corrected chi connectivity index (χ0v) is 11.9. The maximum absolute atomic E-state index is 5.77. The number of ether oxygens (including phenoxy) is 1. The SMILES string of the molecule is COc1ccc(C(Br)c2ccc(Cl)o2)c(C)c1. The van der Waals surface area contributed by atoms with Gasteiger partial charge in [0.05, 0.1) is 11.9 Å². The van der Waals surface area contributed by atoms with Crippen molar-refractivity contribution in [1.29, 1.82) is 0 Å². The first-order valence-electron chi connectivity index (χ1n) is 5.15. The topological polar surface area (TPSA) is 22.4 Å². The van der Waals surface area contributed by atoms with Crippen molar-refractivity contribution in [3.05, 3.63) is 52.4 Å². The lowest BCUT2D eigenvalue weighted by molar-refractivity contribution is 0.414. The van der Waals surface area contributed by atoms with Crippen molar-refractivity contribution in [1.82, 2.24) is 0 Å². The fraction of sp³-hybridized carbons (Fsp3) is 0.231. The highest BCUT2D eigenvalue weighted by Gasteiger charge is 2.16. The van der Waals surface area contributed by atoms with E-state index in [0.29, 0.717) is 5.22 Å². The normalized spacial score (nSPS) is 12.5. The summed E-state index contributed by atoms with van der Waals surface area (Å²) >= 11 is 9.38. The van der Waals surface area contributed by atoms with E-state index in [1.807, 2.05) is 31.2 Å². The van der Waals surface area contributed by atoms with Crippen LogP contribution in [0.2, 0.25) is 5.22 Å². The molecule has 0 aliphatic rings. The molecule has 1 heterocycles. The number of hydrogen-bond donors (Lipinski definition) is 0. The van der Waals surface area contributed by atoms with Crippen LogP contribution in [0.25, 0.3) is 0 Å². The maximum atomic E-state index is 5.77. The molecule has 0 radical (unpaired) electrons. The Bertz CT molecular complexity index is 522. The number of furan rings is 1. The highest BCUT2D eigenvalue weighted by molar-refractivity contribution is 9.09. The van der Waals surface area contributed by atoms with Gasteiger partial charge in [-0.25, -0.2) is 0 Å². The summed E-state index contributed by atoms with van der Waals surface area (Å²) in [4.78, 5) is 0.000839. The standard InChI is InChI=1S/C13H12BrClO2/c1-8-7-9(16-2)3-4-10(8)13(14)11-5-6-12(15)17-11/h3-7,13H,1-2H3. The maximum Gasteiger partial charge on any atom is 0.193 e. The smallest absolute Gasteiger partial charge is 0.193 e. The number of methoxy groups -OCH3 is 1. The molecule has 90 valence electrons. The fourth-order valence-corrected chi connectivity index (χ4v) is 2.59. The average molecular weight is 316 g/mol. The average Bonchev–Trinajstić information content (AvgIpc) is 2.75. The lowest BCUT2D eigenvalue weighted by Crippen LogP contribution is -1.95. The summed E-state index contributed by atoms with van der Waals surface area (Å²) in [6.07, 6.45) is 0. The van der Waals surface area contributed by atoms with Crippen LogP contribution < -0.4 is 4.74 Å². The second kappa shape index (κ2) is 5.15. The highest BCUT2D eigenvalue weighted by Crippen LogP contribution is 2.35. The van der Waals surface area contributed by atoms with E-state index < -0.39 is 0 Å². The van der Waals surface area contributed by atoms with Crippen LogP contribution >= 0.6 is 27.5 Å². The third-order valence-electron chi connectivity index (χ3n) is 2.59. The van der Waals surface area contributed by atoms with Gasteiger partial charge < -0.3 is 9.15 Å². The molecule has 0 spiro atoms. The monoisotopic (exact) mass is 314 g/mol. The molecular weight excluding hydrogens is 303 g/mol. The summed E-state index contributed by atoms with van der Waals surface area (Å²) in [7, 11) is 1.66. The van der Waals surface area contributed by atoms with Gasteiger partial charge in [-0.3, -0.25) is 0 Å². The van der Waals surface area contributed by atoms with Gasteiger partial charge in [0.1, 0.15) is 11.5 Å². The molecule has 4 heteroatoms. The van der Waals surface area contributed by atoms with E-state index in [2.05, 4.69) is 15.9 Å². The number of rotatable bonds is 3. The molecule has 1 atom stereocenters. The quantitative estimate of drug-likeness (QED) is 0.764. The molecular formula is C13H12BrClO2. The first kappa shape index (κ1) is 12.5. The molecule has 0 saturated carbocycles. The number of halogens is 2. The van der Waals surface area contributed by atoms with Crippen LogP contribution in [0, 0.1) is 6.92 Å². The first-order chi connectivity index (χ1) is 8.11. The minimum absolute atomic E-state index is 0.000839. The minimum Gasteiger partial charge on any atom is -0.497 e. The summed E-state index contributed by atoms with van der Waals surface area (Å²) in [5.74, 6) is 1.65. The largest absolute Gasteiger partial charge is 0.497 e. The van der Waals surface area contributed by atoms with Crippen LogP contribution in [0.5, 0.6) is 5.75 Å². The molecule has 0 aliphatic carbocycles. The molecule has 1 aromatic carbocycles. The van der Waals surface area contributed by atoms with Gasteiger partial charge in [0, 0.05) is 0 Å². The summed E-state index contributed by atoms with van der Waals surface area (Å²) in [6, 6.07) is 9.55. The summed E-state index contributed by atoms with van der Waals surface area (Å²) in [6.45, 7) is 2.04. The van der Waals surface area contributed by atoms with Crippen LogP contribution in [-0.4, -0.2) is 7.11 Å². The highest BCUT2D eigenvalue weighted by atomic mass is 79.9. The van der Waals surface area contributed by atoms with E-state index in [9.17, 15) is 0 Å². The molecule has 17 heavy (non-hydrogen) atoms. The Morgan fingerprint density at radius 2 is 2.06 bits per heavy atom. The van der Waals surface area contributed by atoms with Crippen LogP contribution in [0.15, 0.2) is 34.7 Å². The van der Waals surface area contributed by atoms with Crippen molar-refractivity contribution in [2.45, 2.75) is 11.8 Å². The zero-order valence-electron chi connectivity index (χ0n) is 9.54. The molecule has 2 rings (SSSR count). The Kier molecular flexibility index (Phi) is 3.79. The predicted octanol–water partition coefficient (Wildman–Crippen LogP) is 4.73. The van der Waals surface area contributed by atoms with E-state index in [0.717, 1.165) is 22.6 Å². The molecule has 0 N–H and O–H groups in total. The number of alkyl halides is 1. The summed E-state index contributed by atoms with van der Waals surface area (Å²) < 4.78 is 10.6. The van der Waals surface area contributed by atoms with Gasteiger partial charge in [-0.15, -0.1) is 0 Å². The van der Waals surface area contributed by atoms with Crippen LogP contribution in [0.3, 0.4) is 0 Å². The van der Waals surface area contributed by atoms with Gasteiger partial charge in [-0.2, -0.15) is 0 Å². The van der Waals surface area contributed by atoms with E-state index >= 15 is 0 Å². The molecule has 2 aromatic rings. The molecule has 0 saturated heterocycles. The van der Waals surface area contributed by atoms with Crippen molar-refractivity contribution in [3.8, 4) is 5.75 Å². The third-order valence-corrected chi connectivity index (χ3v) is 3.74. The molecule has 1 aromatic heterocycles. The lowest BCUT2D eigenvalue weighted by atomic mass is 10.0. The molecule has 0 fully saturated rings. The summed E-state index contributed by atoms with van der Waals surface area (Å²) in [5.41, 5.74) is 2.27. The van der Waals surface area contributed by atoms with E-state index in [1.165, 1.54) is 0 Å².